The lowest BCUT2D eigenvalue weighted by Gasteiger charge is -2.43. The Kier molecular flexibility index (Phi) is 9.50. The van der Waals surface area contributed by atoms with Gasteiger partial charge in [0, 0.05) is 37.8 Å². The van der Waals surface area contributed by atoms with Gasteiger partial charge in [-0.15, -0.1) is 0 Å². The fourth-order valence-corrected chi connectivity index (χ4v) is 7.42. The topological polar surface area (TPSA) is 61.4 Å². The van der Waals surface area contributed by atoms with Crippen molar-refractivity contribution in [1.29, 1.82) is 0 Å². The molecule has 0 spiro atoms. The second-order valence-corrected chi connectivity index (χ2v) is 12.6. The Morgan fingerprint density at radius 3 is 2.19 bits per heavy atom. The Hall–Kier alpha value is -4.43. The summed E-state index contributed by atoms with van der Waals surface area (Å²) in [7, 11) is 0. The van der Waals surface area contributed by atoms with E-state index in [1.54, 1.807) is 24.3 Å². The van der Waals surface area contributed by atoms with E-state index >= 15 is 0 Å². The van der Waals surface area contributed by atoms with Gasteiger partial charge in [-0.2, -0.15) is 13.2 Å². The third-order valence-corrected chi connectivity index (χ3v) is 9.82. The van der Waals surface area contributed by atoms with Gasteiger partial charge < -0.3 is 15.5 Å². The minimum atomic E-state index is -4.41. The number of rotatable bonds is 8. The van der Waals surface area contributed by atoms with Crippen molar-refractivity contribution in [2.24, 2.45) is 0 Å². The van der Waals surface area contributed by atoms with E-state index in [0.717, 1.165) is 68.6 Å². The monoisotopic (exact) mass is 639 g/mol. The molecule has 2 atom stereocenters. The lowest BCUT2D eigenvalue weighted by atomic mass is 9.62. The number of likely N-dealkylation sites (N-methyl/N-ethyl adjacent to an activating group) is 1. The first-order chi connectivity index (χ1) is 22.7. The van der Waals surface area contributed by atoms with Crippen molar-refractivity contribution in [3.05, 3.63) is 131 Å². The van der Waals surface area contributed by atoms with Crippen LogP contribution in [-0.4, -0.2) is 48.9 Å². The minimum Gasteiger partial charge on any atom is -0.355 e. The number of fused-ring (bicyclic) bond motifs is 1. The molecule has 1 heterocycles. The Bertz CT molecular complexity index is 1700. The summed E-state index contributed by atoms with van der Waals surface area (Å²) < 4.78 is 39.2. The van der Waals surface area contributed by atoms with Crippen LogP contribution in [0.3, 0.4) is 0 Å². The summed E-state index contributed by atoms with van der Waals surface area (Å²) in [5.74, 6) is 0.121. The summed E-state index contributed by atoms with van der Waals surface area (Å²) in [4.78, 5) is 29.6. The fraction of sp³-hybridized carbons (Fsp3) is 0.333. The molecule has 0 bridgehead atoms. The summed E-state index contributed by atoms with van der Waals surface area (Å²) in [6, 6.07) is 30.5. The third kappa shape index (κ3) is 6.70. The molecule has 1 saturated heterocycles. The van der Waals surface area contributed by atoms with Crippen molar-refractivity contribution in [3.63, 3.8) is 0 Å². The second-order valence-electron chi connectivity index (χ2n) is 12.6. The Morgan fingerprint density at radius 2 is 1.49 bits per heavy atom. The zero-order chi connectivity index (χ0) is 33.0. The number of nitrogens with zero attached hydrogens (tertiary/aromatic N) is 1. The van der Waals surface area contributed by atoms with Gasteiger partial charge in [-0.05, 0) is 84.5 Å². The zero-order valence-corrected chi connectivity index (χ0v) is 26.5. The molecule has 2 aliphatic rings. The number of halogens is 3. The summed E-state index contributed by atoms with van der Waals surface area (Å²) >= 11 is 0. The highest BCUT2D eigenvalue weighted by molar-refractivity contribution is 6.01. The van der Waals surface area contributed by atoms with Crippen LogP contribution in [0.2, 0.25) is 0 Å². The number of amides is 2. The Morgan fingerprint density at radius 1 is 0.830 bits per heavy atom. The normalized spacial score (nSPS) is 20.3. The summed E-state index contributed by atoms with van der Waals surface area (Å²) in [5, 5.41) is 6.30. The number of hydrogen-bond donors (Lipinski definition) is 2. The first-order valence-electron chi connectivity index (χ1n) is 16.4. The largest absolute Gasteiger partial charge is 0.416 e. The highest BCUT2D eigenvalue weighted by atomic mass is 19.4. The summed E-state index contributed by atoms with van der Waals surface area (Å²) in [5.41, 5.74) is 3.51. The maximum Gasteiger partial charge on any atom is 0.416 e. The molecular formula is C39H40F3N3O2. The van der Waals surface area contributed by atoms with E-state index in [2.05, 4.69) is 45.9 Å². The number of hydrogen-bond acceptors (Lipinski definition) is 3. The SMILES string of the molecule is CCNC(=O)[C@]1(c2ccccc2)CC[C@@H](CN2CCC(NC(=O)c3ccccc3-c3ccc(C(F)(F)F)cc3)CC2)c2ccccc21. The van der Waals surface area contributed by atoms with Crippen molar-refractivity contribution in [2.75, 3.05) is 26.2 Å². The van der Waals surface area contributed by atoms with E-state index in [0.29, 0.717) is 29.2 Å². The van der Waals surface area contributed by atoms with E-state index in [4.69, 9.17) is 0 Å². The van der Waals surface area contributed by atoms with Crippen molar-refractivity contribution >= 4 is 11.8 Å². The van der Waals surface area contributed by atoms with Crippen LogP contribution < -0.4 is 10.6 Å². The number of alkyl halides is 3. The number of nitrogens with one attached hydrogen (secondary N) is 2. The molecule has 1 fully saturated rings. The molecule has 0 unspecified atom stereocenters. The van der Waals surface area contributed by atoms with Gasteiger partial charge in [-0.1, -0.05) is 84.9 Å². The van der Waals surface area contributed by atoms with E-state index in [1.807, 2.05) is 31.2 Å². The first-order valence-corrected chi connectivity index (χ1v) is 16.4. The number of likely N-dealkylation sites (tertiary alicyclic amines) is 1. The summed E-state index contributed by atoms with van der Waals surface area (Å²) in [6.45, 7) is 5.09. The molecule has 5 nitrogen and oxygen atoms in total. The van der Waals surface area contributed by atoms with Crippen LogP contribution in [0.1, 0.15) is 71.1 Å². The summed E-state index contributed by atoms with van der Waals surface area (Å²) in [6.07, 6.45) is -1.19. The number of piperidine rings is 1. The molecular weight excluding hydrogens is 599 g/mol. The third-order valence-electron chi connectivity index (χ3n) is 9.82. The highest BCUT2D eigenvalue weighted by Gasteiger charge is 2.47. The van der Waals surface area contributed by atoms with Crippen LogP contribution in [-0.2, 0) is 16.4 Å². The first kappa shape index (κ1) is 32.5. The van der Waals surface area contributed by atoms with Crippen LogP contribution >= 0.6 is 0 Å². The lowest BCUT2D eigenvalue weighted by molar-refractivity contribution is -0.137. The molecule has 0 saturated carbocycles. The Labute approximate surface area is 274 Å². The maximum atomic E-state index is 13.8. The van der Waals surface area contributed by atoms with Gasteiger partial charge >= 0.3 is 6.18 Å². The molecule has 2 N–H and O–H groups in total. The highest BCUT2D eigenvalue weighted by Crippen LogP contribution is 2.47. The molecule has 1 aliphatic carbocycles. The number of carbonyl (C=O) groups is 2. The van der Waals surface area contributed by atoms with Crippen LogP contribution in [0.4, 0.5) is 13.2 Å². The maximum absolute atomic E-state index is 13.8. The molecule has 0 radical (unpaired) electrons. The smallest absolute Gasteiger partial charge is 0.355 e. The van der Waals surface area contributed by atoms with Crippen LogP contribution in [0.25, 0.3) is 11.1 Å². The van der Waals surface area contributed by atoms with Gasteiger partial charge in [0.1, 0.15) is 0 Å². The van der Waals surface area contributed by atoms with Crippen molar-refractivity contribution < 1.29 is 22.8 Å². The molecule has 8 heteroatoms. The molecule has 1 aliphatic heterocycles. The zero-order valence-electron chi connectivity index (χ0n) is 26.5. The van der Waals surface area contributed by atoms with Gasteiger partial charge in [-0.25, -0.2) is 0 Å². The van der Waals surface area contributed by atoms with Crippen molar-refractivity contribution in [2.45, 2.75) is 56.2 Å². The van der Waals surface area contributed by atoms with Crippen molar-refractivity contribution in [1.82, 2.24) is 15.5 Å². The number of carbonyl (C=O) groups excluding carboxylic acids is 2. The Balaban J connectivity index is 1.12. The van der Waals surface area contributed by atoms with E-state index < -0.39 is 17.2 Å². The van der Waals surface area contributed by atoms with E-state index in [-0.39, 0.29) is 17.9 Å². The van der Waals surface area contributed by atoms with Gasteiger partial charge in [0.05, 0.1) is 11.0 Å². The average Bonchev–Trinajstić information content (AvgIpc) is 3.09. The molecule has 6 rings (SSSR count). The van der Waals surface area contributed by atoms with Gasteiger partial charge in [0.2, 0.25) is 5.91 Å². The minimum absolute atomic E-state index is 0.00141. The van der Waals surface area contributed by atoms with Gasteiger partial charge in [0.15, 0.2) is 0 Å². The van der Waals surface area contributed by atoms with E-state index in [1.165, 1.54) is 17.7 Å². The predicted octanol–water partition coefficient (Wildman–Crippen LogP) is 7.57. The van der Waals surface area contributed by atoms with Crippen LogP contribution in [0.5, 0.6) is 0 Å². The van der Waals surface area contributed by atoms with Gasteiger partial charge in [-0.3, -0.25) is 9.59 Å². The molecule has 0 aromatic heterocycles. The molecule has 47 heavy (non-hydrogen) atoms. The van der Waals surface area contributed by atoms with Gasteiger partial charge in [0.25, 0.3) is 5.91 Å². The lowest BCUT2D eigenvalue weighted by Crippen LogP contribution is -2.49. The van der Waals surface area contributed by atoms with Crippen molar-refractivity contribution in [3.8, 4) is 11.1 Å². The number of benzene rings is 4. The molecule has 4 aromatic carbocycles. The molecule has 244 valence electrons. The second kappa shape index (κ2) is 13.7. The fourth-order valence-electron chi connectivity index (χ4n) is 7.42. The average molecular weight is 640 g/mol. The quantitative estimate of drug-likeness (QED) is 0.209. The molecule has 4 aromatic rings. The van der Waals surface area contributed by atoms with Crippen LogP contribution in [0, 0.1) is 0 Å². The molecule has 2 amide bonds. The van der Waals surface area contributed by atoms with Crippen LogP contribution in [0.15, 0.2) is 103 Å². The standard InChI is InChI=1S/C39H40F3N3O2/c1-2-43-37(47)38(29-10-4-3-5-11-29)23-20-28(33-13-8-9-15-35(33)38)26-45-24-21-31(22-25-45)44-36(46)34-14-7-6-12-32(34)27-16-18-30(19-17-27)39(40,41)42/h3-19,28,31H,2,20-26H2,1H3,(H,43,47)(H,44,46)/t28-,38-/m0/s1. The van der Waals surface area contributed by atoms with E-state index in [9.17, 15) is 22.8 Å². The predicted molar refractivity (Wildman–Crippen MR) is 178 cm³/mol.